The summed E-state index contributed by atoms with van der Waals surface area (Å²) in [5.41, 5.74) is 4.56. The maximum Gasteiger partial charge on any atom is 0.264 e. The summed E-state index contributed by atoms with van der Waals surface area (Å²) < 4.78 is 29.3. The number of rotatable bonds is 8. The van der Waals surface area contributed by atoms with Crippen molar-refractivity contribution in [3.8, 4) is 0 Å². The highest BCUT2D eigenvalue weighted by Gasteiger charge is 2.27. The number of nitrogens with zero attached hydrogens (tertiary/aromatic N) is 3. The van der Waals surface area contributed by atoms with Crippen LogP contribution in [0.2, 0.25) is 0 Å². The van der Waals surface area contributed by atoms with Crippen LogP contribution < -0.4 is 14.6 Å². The van der Waals surface area contributed by atoms with Gasteiger partial charge in [0.15, 0.2) is 0 Å². The molecule has 0 heterocycles. The van der Waals surface area contributed by atoms with Gasteiger partial charge in [-0.3, -0.25) is 9.10 Å². The Labute approximate surface area is 210 Å². The van der Waals surface area contributed by atoms with E-state index in [0.29, 0.717) is 5.69 Å². The van der Waals surface area contributed by atoms with Crippen molar-refractivity contribution in [3.05, 3.63) is 87.3 Å². The lowest BCUT2D eigenvalue weighted by Gasteiger charge is -2.23. The van der Waals surface area contributed by atoms with Gasteiger partial charge in [-0.05, 0) is 70.0 Å². The molecule has 0 atom stereocenters. The first-order valence-corrected chi connectivity index (χ1v) is 12.8. The van der Waals surface area contributed by atoms with Crippen LogP contribution in [0.4, 0.5) is 11.4 Å². The fourth-order valence-corrected chi connectivity index (χ4v) is 5.41. The van der Waals surface area contributed by atoms with Gasteiger partial charge in [-0.2, -0.15) is 5.10 Å². The van der Waals surface area contributed by atoms with Crippen molar-refractivity contribution in [1.29, 1.82) is 0 Å². The Morgan fingerprint density at radius 3 is 2.27 bits per heavy atom. The van der Waals surface area contributed by atoms with Gasteiger partial charge < -0.3 is 4.90 Å². The molecular formula is C23H22Br2N4O3S. The summed E-state index contributed by atoms with van der Waals surface area (Å²) in [6.45, 7) is -0.431. The van der Waals surface area contributed by atoms with E-state index in [-0.39, 0.29) is 4.90 Å². The maximum absolute atomic E-state index is 13.3. The third-order valence-corrected chi connectivity index (χ3v) is 7.54. The highest BCUT2D eigenvalue weighted by molar-refractivity contribution is 9.10. The lowest BCUT2D eigenvalue weighted by molar-refractivity contribution is -0.119. The number of hydrazone groups is 1. The van der Waals surface area contributed by atoms with E-state index in [9.17, 15) is 13.2 Å². The van der Waals surface area contributed by atoms with E-state index in [2.05, 4.69) is 42.4 Å². The molecule has 33 heavy (non-hydrogen) atoms. The molecule has 1 N–H and O–H groups in total. The number of benzene rings is 3. The molecule has 3 rings (SSSR count). The van der Waals surface area contributed by atoms with Gasteiger partial charge in [0, 0.05) is 23.0 Å². The number of anilines is 2. The Kier molecular flexibility index (Phi) is 8.28. The zero-order chi connectivity index (χ0) is 24.0. The lowest BCUT2D eigenvalue weighted by Crippen LogP contribution is -2.39. The van der Waals surface area contributed by atoms with Crippen LogP contribution in [0.5, 0.6) is 0 Å². The molecule has 7 nitrogen and oxygen atoms in total. The second kappa shape index (κ2) is 11.0. The number of carbonyl (C=O) groups is 1. The van der Waals surface area contributed by atoms with Crippen LogP contribution in [0.3, 0.4) is 0 Å². The van der Waals surface area contributed by atoms with Crippen molar-refractivity contribution in [2.75, 3.05) is 29.8 Å². The van der Waals surface area contributed by atoms with Crippen LogP contribution in [0, 0.1) is 0 Å². The average Bonchev–Trinajstić information content (AvgIpc) is 2.78. The average molecular weight is 594 g/mol. The molecule has 3 aromatic rings. The zero-order valence-electron chi connectivity index (χ0n) is 17.9. The van der Waals surface area contributed by atoms with Gasteiger partial charge in [0.25, 0.3) is 15.9 Å². The van der Waals surface area contributed by atoms with E-state index in [0.717, 1.165) is 24.5 Å². The first-order valence-electron chi connectivity index (χ1n) is 9.80. The number of sulfonamides is 1. The first kappa shape index (κ1) is 24.9. The summed E-state index contributed by atoms with van der Waals surface area (Å²) in [5.74, 6) is -0.572. The summed E-state index contributed by atoms with van der Waals surface area (Å²) in [5, 5.41) is 3.98. The number of hydrogen-bond acceptors (Lipinski definition) is 5. The molecule has 0 unspecified atom stereocenters. The normalized spacial score (nSPS) is 11.4. The second-order valence-electron chi connectivity index (χ2n) is 7.20. The van der Waals surface area contributed by atoms with Crippen LogP contribution in [0.1, 0.15) is 5.56 Å². The van der Waals surface area contributed by atoms with E-state index in [1.54, 1.807) is 42.5 Å². The summed E-state index contributed by atoms with van der Waals surface area (Å²) >= 11 is 6.85. The molecule has 0 spiro atoms. The number of amides is 1. The molecule has 0 saturated heterocycles. The molecule has 0 bridgehead atoms. The highest BCUT2D eigenvalue weighted by Crippen LogP contribution is 2.26. The van der Waals surface area contributed by atoms with Crippen molar-refractivity contribution in [1.82, 2.24) is 5.43 Å². The molecule has 1 amide bonds. The Bertz CT molecular complexity index is 1250. The van der Waals surface area contributed by atoms with Gasteiger partial charge in [-0.15, -0.1) is 0 Å². The number of carbonyl (C=O) groups excluding carboxylic acids is 1. The molecule has 0 aromatic heterocycles. The highest BCUT2D eigenvalue weighted by atomic mass is 79.9. The first-order chi connectivity index (χ1) is 15.7. The molecule has 0 aliphatic rings. The molecular weight excluding hydrogens is 572 g/mol. The Morgan fingerprint density at radius 1 is 1.00 bits per heavy atom. The lowest BCUT2D eigenvalue weighted by atomic mass is 10.2. The van der Waals surface area contributed by atoms with Crippen LogP contribution in [0.15, 0.2) is 91.7 Å². The molecule has 3 aromatic carbocycles. The minimum absolute atomic E-state index is 0.0926. The smallest absolute Gasteiger partial charge is 0.264 e. The largest absolute Gasteiger partial charge is 0.377 e. The molecule has 0 aliphatic carbocycles. The van der Waals surface area contributed by atoms with Gasteiger partial charge in [-0.25, -0.2) is 13.8 Å². The fourth-order valence-electron chi connectivity index (χ4n) is 2.95. The fraction of sp³-hybridized carbons (Fsp3) is 0.130. The SMILES string of the molecule is CN(C)c1ccc(/C=N\NC(=O)CN(c2ccc(Br)cc2)S(=O)(=O)c2ccccc2)cc1Br. The standard InChI is InChI=1S/C23H22Br2N4O3S/c1-28(2)22-13-8-17(14-21(22)25)15-26-27-23(30)16-29(19-11-9-18(24)10-12-19)33(31,32)20-6-4-3-5-7-20/h3-15H,16H2,1-2H3,(H,27,30)/b26-15-. The monoisotopic (exact) mass is 592 g/mol. The van der Waals surface area contributed by atoms with E-state index >= 15 is 0 Å². The number of nitrogens with one attached hydrogen (secondary N) is 1. The van der Waals surface area contributed by atoms with E-state index in [4.69, 9.17) is 0 Å². The van der Waals surface area contributed by atoms with Crippen molar-refractivity contribution in [2.45, 2.75) is 4.90 Å². The van der Waals surface area contributed by atoms with E-state index in [1.165, 1.54) is 18.3 Å². The minimum atomic E-state index is -3.96. The molecule has 0 aliphatic heterocycles. The predicted octanol–water partition coefficient (Wildman–Crippen LogP) is 4.62. The summed E-state index contributed by atoms with van der Waals surface area (Å²) in [4.78, 5) is 14.7. The molecule has 10 heteroatoms. The third kappa shape index (κ3) is 6.43. The van der Waals surface area contributed by atoms with Gasteiger partial charge in [0.05, 0.1) is 22.5 Å². The van der Waals surface area contributed by atoms with Gasteiger partial charge in [-0.1, -0.05) is 40.2 Å². The molecule has 172 valence electrons. The van der Waals surface area contributed by atoms with Crippen LogP contribution >= 0.6 is 31.9 Å². The van der Waals surface area contributed by atoms with E-state index in [1.807, 2.05) is 37.2 Å². The van der Waals surface area contributed by atoms with E-state index < -0.39 is 22.5 Å². The summed E-state index contributed by atoms with van der Waals surface area (Å²) in [6, 6.07) is 20.3. The van der Waals surface area contributed by atoms with Crippen LogP contribution in [0.25, 0.3) is 0 Å². The Hall–Kier alpha value is -2.69. The number of halogens is 2. The predicted molar refractivity (Wildman–Crippen MR) is 139 cm³/mol. The topological polar surface area (TPSA) is 82.1 Å². The maximum atomic E-state index is 13.3. The van der Waals surface area contributed by atoms with Crippen LogP contribution in [-0.4, -0.2) is 41.2 Å². The van der Waals surface area contributed by atoms with Crippen molar-refractivity contribution >= 4 is 65.4 Å². The molecule has 0 radical (unpaired) electrons. The van der Waals surface area contributed by atoms with Crippen molar-refractivity contribution in [3.63, 3.8) is 0 Å². The van der Waals surface area contributed by atoms with Gasteiger partial charge >= 0.3 is 0 Å². The Balaban J connectivity index is 1.79. The van der Waals surface area contributed by atoms with Gasteiger partial charge in [0.1, 0.15) is 6.54 Å². The number of hydrogen-bond donors (Lipinski definition) is 1. The van der Waals surface area contributed by atoms with Crippen LogP contribution in [-0.2, 0) is 14.8 Å². The molecule has 0 saturated carbocycles. The van der Waals surface area contributed by atoms with Crippen molar-refractivity contribution < 1.29 is 13.2 Å². The molecule has 0 fully saturated rings. The zero-order valence-corrected chi connectivity index (χ0v) is 21.9. The van der Waals surface area contributed by atoms with Crippen molar-refractivity contribution in [2.24, 2.45) is 5.10 Å². The summed E-state index contributed by atoms with van der Waals surface area (Å²) in [7, 11) is -0.0848. The van der Waals surface area contributed by atoms with Gasteiger partial charge in [0.2, 0.25) is 0 Å². The quantitative estimate of drug-likeness (QED) is 0.305. The summed E-state index contributed by atoms with van der Waals surface area (Å²) in [6.07, 6.45) is 1.50. The Morgan fingerprint density at radius 2 is 1.67 bits per heavy atom. The second-order valence-corrected chi connectivity index (χ2v) is 10.8. The third-order valence-electron chi connectivity index (χ3n) is 4.59. The minimum Gasteiger partial charge on any atom is -0.377 e.